The van der Waals surface area contributed by atoms with Crippen molar-refractivity contribution < 1.29 is 4.79 Å². The number of urea groups is 1. The quantitative estimate of drug-likeness (QED) is 0.646. The van der Waals surface area contributed by atoms with Gasteiger partial charge in [-0.3, -0.25) is 0 Å². The molecule has 0 aromatic heterocycles. The maximum atomic E-state index is 12.1. The maximum Gasteiger partial charge on any atom is 0.320 e. The fraction of sp³-hybridized carbons (Fsp3) is 0.909. The highest BCUT2D eigenvalue weighted by molar-refractivity contribution is 5.74. The number of nitrogens with two attached hydrogens (primary N) is 1. The van der Waals surface area contributed by atoms with Crippen LogP contribution in [-0.2, 0) is 0 Å². The van der Waals surface area contributed by atoms with Gasteiger partial charge in [-0.2, -0.15) is 0 Å². The summed E-state index contributed by atoms with van der Waals surface area (Å²) in [7, 11) is 0. The number of amides is 2. The second-order valence-corrected chi connectivity index (χ2v) is 4.98. The van der Waals surface area contributed by atoms with E-state index in [-0.39, 0.29) is 12.1 Å². The van der Waals surface area contributed by atoms with Crippen LogP contribution in [0.1, 0.15) is 26.2 Å². The topological polar surface area (TPSA) is 49.6 Å². The molecule has 2 fully saturated rings. The van der Waals surface area contributed by atoms with Gasteiger partial charge in [0.05, 0.1) is 0 Å². The Hall–Kier alpha value is -0.770. The standard InChI is InChI=1S/C11H21N3O/c1-9-6-10(12)8-14(7-9)11(15)13-4-2-3-5-13/h9-10H,2-8,12H2,1H3. The molecule has 4 nitrogen and oxygen atoms in total. The van der Waals surface area contributed by atoms with E-state index in [0.717, 1.165) is 45.4 Å². The van der Waals surface area contributed by atoms with Crippen LogP contribution in [0.3, 0.4) is 0 Å². The molecule has 15 heavy (non-hydrogen) atoms. The van der Waals surface area contributed by atoms with Gasteiger partial charge >= 0.3 is 6.03 Å². The minimum absolute atomic E-state index is 0.167. The molecule has 2 amide bonds. The lowest BCUT2D eigenvalue weighted by atomic mass is 9.97. The second kappa shape index (κ2) is 4.39. The van der Waals surface area contributed by atoms with Crippen LogP contribution in [0, 0.1) is 5.92 Å². The highest BCUT2D eigenvalue weighted by atomic mass is 16.2. The van der Waals surface area contributed by atoms with E-state index < -0.39 is 0 Å². The van der Waals surface area contributed by atoms with Crippen LogP contribution >= 0.6 is 0 Å². The fourth-order valence-corrected chi connectivity index (χ4v) is 2.66. The van der Waals surface area contributed by atoms with E-state index in [4.69, 9.17) is 5.73 Å². The molecule has 0 radical (unpaired) electrons. The van der Waals surface area contributed by atoms with Gasteiger partial charge in [-0.25, -0.2) is 4.79 Å². The maximum absolute atomic E-state index is 12.1. The van der Waals surface area contributed by atoms with Gasteiger partial charge in [0.2, 0.25) is 0 Å². The highest BCUT2D eigenvalue weighted by Gasteiger charge is 2.29. The van der Waals surface area contributed by atoms with Gasteiger partial charge < -0.3 is 15.5 Å². The molecule has 2 heterocycles. The Kier molecular flexibility index (Phi) is 3.14. The molecule has 0 saturated carbocycles. The summed E-state index contributed by atoms with van der Waals surface area (Å²) in [5.41, 5.74) is 5.94. The van der Waals surface area contributed by atoms with Crippen LogP contribution < -0.4 is 5.73 Å². The first-order valence-corrected chi connectivity index (χ1v) is 5.96. The Labute approximate surface area is 91.4 Å². The van der Waals surface area contributed by atoms with Crippen molar-refractivity contribution in [2.75, 3.05) is 26.2 Å². The largest absolute Gasteiger partial charge is 0.326 e. The van der Waals surface area contributed by atoms with Crippen molar-refractivity contribution in [1.29, 1.82) is 0 Å². The molecular formula is C11H21N3O. The molecule has 4 heteroatoms. The van der Waals surface area contributed by atoms with Gasteiger partial charge in [-0.1, -0.05) is 6.92 Å². The Morgan fingerprint density at radius 2 is 1.87 bits per heavy atom. The minimum Gasteiger partial charge on any atom is -0.326 e. The lowest BCUT2D eigenvalue weighted by Crippen LogP contribution is -2.52. The van der Waals surface area contributed by atoms with Gasteiger partial charge in [-0.05, 0) is 25.2 Å². The van der Waals surface area contributed by atoms with Crippen LogP contribution in [0.5, 0.6) is 0 Å². The van der Waals surface area contributed by atoms with Crippen LogP contribution in [0.25, 0.3) is 0 Å². The molecule has 2 aliphatic rings. The van der Waals surface area contributed by atoms with Gasteiger partial charge in [0.25, 0.3) is 0 Å². The Morgan fingerprint density at radius 3 is 2.47 bits per heavy atom. The van der Waals surface area contributed by atoms with Crippen molar-refractivity contribution in [2.45, 2.75) is 32.2 Å². The third-order valence-electron chi connectivity index (χ3n) is 3.34. The van der Waals surface area contributed by atoms with Crippen molar-refractivity contribution in [2.24, 2.45) is 11.7 Å². The van der Waals surface area contributed by atoms with Crippen molar-refractivity contribution in [3.8, 4) is 0 Å². The molecule has 0 aromatic rings. The lowest BCUT2D eigenvalue weighted by Gasteiger charge is -2.36. The minimum atomic E-state index is 0.167. The molecule has 0 aromatic carbocycles. The van der Waals surface area contributed by atoms with E-state index in [1.807, 2.05) is 9.80 Å². The number of rotatable bonds is 0. The Bertz CT molecular complexity index is 228. The zero-order valence-corrected chi connectivity index (χ0v) is 9.48. The van der Waals surface area contributed by atoms with Crippen LogP contribution in [0.15, 0.2) is 0 Å². The molecule has 0 aliphatic carbocycles. The van der Waals surface area contributed by atoms with Gasteiger partial charge in [0.1, 0.15) is 0 Å². The smallest absolute Gasteiger partial charge is 0.320 e. The third-order valence-corrected chi connectivity index (χ3v) is 3.34. The SMILES string of the molecule is CC1CC(N)CN(C(=O)N2CCCC2)C1. The zero-order valence-electron chi connectivity index (χ0n) is 9.48. The predicted octanol–water partition coefficient (Wildman–Crippen LogP) is 0.871. The first-order chi connectivity index (χ1) is 7.16. The molecule has 0 spiro atoms. The summed E-state index contributed by atoms with van der Waals surface area (Å²) in [5.74, 6) is 0.542. The van der Waals surface area contributed by atoms with E-state index in [2.05, 4.69) is 6.92 Å². The van der Waals surface area contributed by atoms with E-state index in [1.54, 1.807) is 0 Å². The normalized spacial score (nSPS) is 32.1. The first-order valence-electron chi connectivity index (χ1n) is 5.96. The van der Waals surface area contributed by atoms with Gasteiger partial charge in [0, 0.05) is 32.2 Å². The van der Waals surface area contributed by atoms with E-state index >= 15 is 0 Å². The summed E-state index contributed by atoms with van der Waals surface area (Å²) in [6, 6.07) is 0.370. The fourth-order valence-electron chi connectivity index (χ4n) is 2.66. The molecule has 0 bridgehead atoms. The molecule has 2 atom stereocenters. The molecule has 2 unspecified atom stereocenters. The summed E-state index contributed by atoms with van der Waals surface area (Å²) in [5, 5.41) is 0. The number of carbonyl (C=O) groups is 1. The average molecular weight is 211 g/mol. The predicted molar refractivity (Wildman–Crippen MR) is 59.5 cm³/mol. The second-order valence-electron chi connectivity index (χ2n) is 4.98. The van der Waals surface area contributed by atoms with Crippen LogP contribution in [0.4, 0.5) is 4.79 Å². The third kappa shape index (κ3) is 2.43. The number of hydrogen-bond acceptors (Lipinski definition) is 2. The van der Waals surface area contributed by atoms with Gasteiger partial charge in [0.15, 0.2) is 0 Å². The summed E-state index contributed by atoms with van der Waals surface area (Å²) >= 11 is 0. The molecule has 2 rings (SSSR count). The van der Waals surface area contributed by atoms with E-state index in [9.17, 15) is 4.79 Å². The zero-order chi connectivity index (χ0) is 10.8. The monoisotopic (exact) mass is 211 g/mol. The van der Waals surface area contributed by atoms with Crippen molar-refractivity contribution >= 4 is 6.03 Å². The lowest BCUT2D eigenvalue weighted by molar-refractivity contribution is 0.132. The van der Waals surface area contributed by atoms with E-state index in [0.29, 0.717) is 5.92 Å². The van der Waals surface area contributed by atoms with Crippen molar-refractivity contribution in [1.82, 2.24) is 9.80 Å². The molecule has 2 N–H and O–H groups in total. The Balaban J connectivity index is 1.93. The summed E-state index contributed by atoms with van der Waals surface area (Å²) in [6.45, 7) is 5.64. The van der Waals surface area contributed by atoms with E-state index in [1.165, 1.54) is 0 Å². The number of hydrogen-bond donors (Lipinski definition) is 1. The van der Waals surface area contributed by atoms with Gasteiger partial charge in [-0.15, -0.1) is 0 Å². The number of nitrogens with zero attached hydrogens (tertiary/aromatic N) is 2. The van der Waals surface area contributed by atoms with Crippen LogP contribution in [0.2, 0.25) is 0 Å². The average Bonchev–Trinajstić information content (AvgIpc) is 2.67. The number of carbonyl (C=O) groups excluding carboxylic acids is 1. The van der Waals surface area contributed by atoms with Crippen molar-refractivity contribution in [3.05, 3.63) is 0 Å². The summed E-state index contributed by atoms with van der Waals surface area (Å²) < 4.78 is 0. The molecule has 2 aliphatic heterocycles. The van der Waals surface area contributed by atoms with Crippen LogP contribution in [-0.4, -0.2) is 48.1 Å². The van der Waals surface area contributed by atoms with Crippen molar-refractivity contribution in [3.63, 3.8) is 0 Å². The molecular weight excluding hydrogens is 190 g/mol. The Morgan fingerprint density at radius 1 is 1.20 bits per heavy atom. The number of likely N-dealkylation sites (tertiary alicyclic amines) is 2. The number of piperidine rings is 1. The summed E-state index contributed by atoms with van der Waals surface area (Å²) in [4.78, 5) is 16.0. The highest BCUT2D eigenvalue weighted by Crippen LogP contribution is 2.18. The first kappa shape index (κ1) is 10.7. The molecule has 86 valence electrons. The molecule has 2 saturated heterocycles. The summed E-state index contributed by atoms with van der Waals surface area (Å²) in [6.07, 6.45) is 3.35.